The van der Waals surface area contributed by atoms with Crippen LogP contribution in [0.2, 0.25) is 0 Å². The lowest BCUT2D eigenvalue weighted by Gasteiger charge is -2.58. The van der Waals surface area contributed by atoms with Crippen LogP contribution in [0.15, 0.2) is 0 Å². The fourth-order valence-corrected chi connectivity index (χ4v) is 5.07. The van der Waals surface area contributed by atoms with Gasteiger partial charge in [0.2, 0.25) is 0 Å². The van der Waals surface area contributed by atoms with Crippen molar-refractivity contribution >= 4 is 0 Å². The zero-order valence-electron chi connectivity index (χ0n) is 10.3. The van der Waals surface area contributed by atoms with E-state index in [9.17, 15) is 0 Å². The molecule has 0 aromatic heterocycles. The van der Waals surface area contributed by atoms with E-state index in [4.69, 9.17) is 0 Å². The van der Waals surface area contributed by atoms with Crippen LogP contribution in [0, 0.1) is 23.2 Å². The summed E-state index contributed by atoms with van der Waals surface area (Å²) in [5.74, 6) is 3.44. The van der Waals surface area contributed by atoms with Crippen LogP contribution in [0.5, 0.6) is 0 Å². The summed E-state index contributed by atoms with van der Waals surface area (Å²) in [5.41, 5.74) is 0.854. The average Bonchev–Trinajstić information content (AvgIpc) is 2.24. The summed E-state index contributed by atoms with van der Waals surface area (Å²) in [5, 5.41) is 0. The van der Waals surface area contributed by atoms with Crippen molar-refractivity contribution in [3.63, 3.8) is 0 Å². The lowest BCUT2D eigenvalue weighted by Crippen LogP contribution is -2.48. The normalized spacial score (nSPS) is 49.0. The topological polar surface area (TPSA) is 0 Å². The number of hydrogen-bond acceptors (Lipinski definition) is 0. The third-order valence-corrected chi connectivity index (χ3v) is 5.93. The molecule has 0 heterocycles. The smallest absolute Gasteiger partial charge is 0.0266 e. The number of rotatable bonds is 2. The molecule has 0 spiro atoms. The lowest BCUT2D eigenvalue weighted by atomic mass is 9.47. The second-order valence-electron chi connectivity index (χ2n) is 6.59. The molecular weight excluding hydrogens is 180 g/mol. The van der Waals surface area contributed by atoms with Crippen LogP contribution in [0.3, 0.4) is 0 Å². The first-order valence-electron chi connectivity index (χ1n) is 7.34. The van der Waals surface area contributed by atoms with Gasteiger partial charge in [0, 0.05) is 0 Å². The Bertz CT molecular complexity index is 232. The minimum atomic E-state index is 0.854. The van der Waals surface area contributed by atoms with Crippen molar-refractivity contribution < 1.29 is 0 Å². The zero-order valence-corrected chi connectivity index (χ0v) is 10.3. The Kier molecular flexibility index (Phi) is 2.57. The lowest BCUT2D eigenvalue weighted by molar-refractivity contribution is -0.0812. The van der Waals surface area contributed by atoms with Crippen LogP contribution in [-0.2, 0) is 0 Å². The monoisotopic (exact) mass is 206 g/mol. The van der Waals surface area contributed by atoms with Crippen molar-refractivity contribution in [2.45, 2.75) is 71.1 Å². The molecule has 3 saturated carbocycles. The third-order valence-electron chi connectivity index (χ3n) is 5.93. The third kappa shape index (κ3) is 1.56. The zero-order chi connectivity index (χ0) is 10.3. The van der Waals surface area contributed by atoms with E-state index in [1.165, 1.54) is 19.3 Å². The van der Waals surface area contributed by atoms with Gasteiger partial charge in [-0.1, -0.05) is 39.0 Å². The largest absolute Gasteiger partial charge is 0.0654 e. The molecule has 0 radical (unpaired) electrons. The van der Waals surface area contributed by atoms with Crippen LogP contribution in [0.1, 0.15) is 71.1 Å². The van der Waals surface area contributed by atoms with Crippen LogP contribution in [0.4, 0.5) is 0 Å². The van der Waals surface area contributed by atoms with Crippen LogP contribution < -0.4 is 0 Å². The molecule has 0 N–H and O–H groups in total. The SMILES string of the molecule is CCCC12CCC1CC1CCCCC1C2. The van der Waals surface area contributed by atoms with Crippen LogP contribution in [0.25, 0.3) is 0 Å². The molecular formula is C15H26. The fraction of sp³-hybridized carbons (Fsp3) is 1.00. The maximum absolute atomic E-state index is 2.39. The molecule has 3 aliphatic carbocycles. The first kappa shape index (κ1) is 10.2. The highest BCUT2D eigenvalue weighted by atomic mass is 14.6. The Hall–Kier alpha value is 0. The molecule has 0 aliphatic heterocycles. The first-order chi connectivity index (χ1) is 7.34. The summed E-state index contributed by atoms with van der Waals surface area (Å²) in [6.45, 7) is 2.39. The van der Waals surface area contributed by atoms with Gasteiger partial charge in [0.1, 0.15) is 0 Å². The summed E-state index contributed by atoms with van der Waals surface area (Å²) >= 11 is 0. The summed E-state index contributed by atoms with van der Waals surface area (Å²) in [7, 11) is 0. The molecule has 3 fully saturated rings. The van der Waals surface area contributed by atoms with Crippen molar-refractivity contribution in [1.29, 1.82) is 0 Å². The molecule has 0 saturated heterocycles. The molecule has 86 valence electrons. The van der Waals surface area contributed by atoms with Crippen molar-refractivity contribution in [2.24, 2.45) is 23.2 Å². The maximum atomic E-state index is 2.39. The summed E-state index contributed by atoms with van der Waals surface area (Å²) in [6.07, 6.45) is 15.6. The van der Waals surface area contributed by atoms with Crippen LogP contribution >= 0.6 is 0 Å². The quantitative estimate of drug-likeness (QED) is 0.610. The predicted molar refractivity (Wildman–Crippen MR) is 64.7 cm³/mol. The maximum Gasteiger partial charge on any atom is -0.0266 e. The van der Waals surface area contributed by atoms with Gasteiger partial charge >= 0.3 is 0 Å². The molecule has 0 nitrogen and oxygen atoms in total. The molecule has 0 bridgehead atoms. The van der Waals surface area contributed by atoms with Crippen molar-refractivity contribution in [2.75, 3.05) is 0 Å². The van der Waals surface area contributed by atoms with E-state index in [1.54, 1.807) is 44.9 Å². The Labute approximate surface area is 94.8 Å². The Morgan fingerprint density at radius 3 is 2.53 bits per heavy atom. The highest BCUT2D eigenvalue weighted by Crippen LogP contribution is 2.62. The molecule has 4 unspecified atom stereocenters. The minimum absolute atomic E-state index is 0.854. The van der Waals surface area contributed by atoms with Crippen molar-refractivity contribution in [1.82, 2.24) is 0 Å². The van der Waals surface area contributed by atoms with Gasteiger partial charge < -0.3 is 0 Å². The molecule has 15 heavy (non-hydrogen) atoms. The Morgan fingerprint density at radius 1 is 1.07 bits per heavy atom. The van der Waals surface area contributed by atoms with Gasteiger partial charge in [-0.25, -0.2) is 0 Å². The number of hydrogen-bond donors (Lipinski definition) is 0. The van der Waals surface area contributed by atoms with Gasteiger partial charge in [0.05, 0.1) is 0 Å². The predicted octanol–water partition coefficient (Wildman–Crippen LogP) is 4.78. The summed E-state index contributed by atoms with van der Waals surface area (Å²) in [4.78, 5) is 0. The molecule has 3 rings (SSSR count). The standard InChI is InChI=1S/C15H26/c1-2-8-15-9-7-14(15)10-12-5-3-4-6-13(12)11-15/h12-14H,2-11H2,1H3. The van der Waals surface area contributed by atoms with E-state index in [-0.39, 0.29) is 0 Å². The number of fused-ring (bicyclic) bond motifs is 2. The summed E-state index contributed by atoms with van der Waals surface area (Å²) in [6, 6.07) is 0. The van der Waals surface area contributed by atoms with E-state index < -0.39 is 0 Å². The van der Waals surface area contributed by atoms with Crippen molar-refractivity contribution in [3.8, 4) is 0 Å². The molecule has 0 amide bonds. The van der Waals surface area contributed by atoms with Gasteiger partial charge in [-0.15, -0.1) is 0 Å². The van der Waals surface area contributed by atoms with E-state index in [0.29, 0.717) is 0 Å². The Balaban J connectivity index is 1.72. The van der Waals surface area contributed by atoms with Crippen LogP contribution in [-0.4, -0.2) is 0 Å². The molecule has 0 heteroatoms. The molecule has 4 atom stereocenters. The van der Waals surface area contributed by atoms with E-state index >= 15 is 0 Å². The molecule has 3 aliphatic rings. The second-order valence-corrected chi connectivity index (χ2v) is 6.59. The molecule has 0 aromatic rings. The second kappa shape index (κ2) is 3.79. The van der Waals surface area contributed by atoms with E-state index in [1.807, 2.05) is 0 Å². The Morgan fingerprint density at radius 2 is 1.87 bits per heavy atom. The van der Waals surface area contributed by atoms with E-state index in [0.717, 1.165) is 23.2 Å². The van der Waals surface area contributed by atoms with E-state index in [2.05, 4.69) is 6.92 Å². The van der Waals surface area contributed by atoms with Gasteiger partial charge in [0.15, 0.2) is 0 Å². The van der Waals surface area contributed by atoms with Crippen molar-refractivity contribution in [3.05, 3.63) is 0 Å². The van der Waals surface area contributed by atoms with Gasteiger partial charge in [-0.3, -0.25) is 0 Å². The highest BCUT2D eigenvalue weighted by Gasteiger charge is 2.52. The first-order valence-corrected chi connectivity index (χ1v) is 7.34. The minimum Gasteiger partial charge on any atom is -0.0654 e. The summed E-state index contributed by atoms with van der Waals surface area (Å²) < 4.78 is 0. The fourth-order valence-electron chi connectivity index (χ4n) is 5.07. The molecule has 0 aromatic carbocycles. The van der Waals surface area contributed by atoms with Gasteiger partial charge in [0.25, 0.3) is 0 Å². The van der Waals surface area contributed by atoms with Gasteiger partial charge in [-0.05, 0) is 55.3 Å². The van der Waals surface area contributed by atoms with Gasteiger partial charge in [-0.2, -0.15) is 0 Å². The highest BCUT2D eigenvalue weighted by molar-refractivity contribution is 5.02. The average molecular weight is 206 g/mol.